The molecule has 0 atom stereocenters. The van der Waals surface area contributed by atoms with Gasteiger partial charge in [0, 0.05) is 23.5 Å². The van der Waals surface area contributed by atoms with Crippen molar-refractivity contribution in [1.82, 2.24) is 10.3 Å². The van der Waals surface area contributed by atoms with E-state index >= 15 is 0 Å². The zero-order valence-corrected chi connectivity index (χ0v) is 11.2. The van der Waals surface area contributed by atoms with Crippen LogP contribution in [0.5, 0.6) is 0 Å². The molecule has 4 nitrogen and oxygen atoms in total. The molecule has 1 aromatic heterocycles. The maximum Gasteiger partial charge on any atom is 0.253 e. The van der Waals surface area contributed by atoms with Crippen LogP contribution in [0.2, 0.25) is 0 Å². The first-order valence-electron chi connectivity index (χ1n) is 5.78. The molecule has 2 rings (SSSR count). The average Bonchev–Trinajstić information content (AvgIpc) is 2.56. The van der Waals surface area contributed by atoms with Crippen LogP contribution >= 0.6 is 11.3 Å². The third-order valence-corrected chi connectivity index (χ3v) is 3.92. The minimum absolute atomic E-state index is 0.0297. The van der Waals surface area contributed by atoms with Crippen molar-refractivity contribution in [2.75, 3.05) is 18.4 Å². The molecular formula is C12H17N3OS. The summed E-state index contributed by atoms with van der Waals surface area (Å²) in [6, 6.07) is 0. The van der Waals surface area contributed by atoms with Gasteiger partial charge in [-0.25, -0.2) is 4.98 Å². The molecule has 0 aliphatic carbocycles. The molecule has 1 aliphatic heterocycles. The minimum atomic E-state index is -0.0297. The number of thiazole rings is 1. The van der Waals surface area contributed by atoms with E-state index in [1.807, 2.05) is 13.8 Å². The van der Waals surface area contributed by atoms with E-state index in [1.165, 1.54) is 10.5 Å². The number of anilines is 1. The van der Waals surface area contributed by atoms with Gasteiger partial charge in [0.15, 0.2) is 5.13 Å². The van der Waals surface area contributed by atoms with Gasteiger partial charge in [-0.1, -0.05) is 6.92 Å². The molecule has 1 aromatic rings. The normalized spacial score (nSPS) is 14.4. The van der Waals surface area contributed by atoms with Gasteiger partial charge in [0.2, 0.25) is 0 Å². The Morgan fingerprint density at radius 2 is 2.24 bits per heavy atom. The fourth-order valence-electron chi connectivity index (χ4n) is 1.68. The summed E-state index contributed by atoms with van der Waals surface area (Å²) in [5.74, 6) is -0.0297. The summed E-state index contributed by atoms with van der Waals surface area (Å²) >= 11 is 1.54. The number of amides is 1. The molecule has 0 saturated carbocycles. The van der Waals surface area contributed by atoms with E-state index in [1.54, 1.807) is 11.3 Å². The Hall–Kier alpha value is -1.20. The Kier molecular flexibility index (Phi) is 3.59. The Labute approximate surface area is 105 Å². The minimum Gasteiger partial charge on any atom is -0.309 e. The first kappa shape index (κ1) is 12.3. The number of aromatic nitrogens is 1. The van der Waals surface area contributed by atoms with E-state index < -0.39 is 0 Å². The second-order valence-electron chi connectivity index (χ2n) is 4.16. The first-order valence-corrected chi connectivity index (χ1v) is 6.60. The van der Waals surface area contributed by atoms with Crippen LogP contribution in [-0.4, -0.2) is 24.0 Å². The standard InChI is InChI=1S/C12H17N3OS/c1-4-10-8(3)17-12(14-10)15-11(16)7(2)9-5-13-6-9/h13H,4-6H2,1-3H3,(H,14,15,16). The van der Waals surface area contributed by atoms with Crippen LogP contribution in [0.15, 0.2) is 11.1 Å². The average molecular weight is 251 g/mol. The van der Waals surface area contributed by atoms with Gasteiger partial charge in [0.1, 0.15) is 0 Å². The molecule has 1 saturated heterocycles. The number of carbonyl (C=O) groups excluding carboxylic acids is 1. The van der Waals surface area contributed by atoms with Crippen LogP contribution in [0.4, 0.5) is 5.13 Å². The van der Waals surface area contributed by atoms with E-state index in [-0.39, 0.29) is 5.91 Å². The lowest BCUT2D eigenvalue weighted by Crippen LogP contribution is -2.36. The SMILES string of the molecule is CCc1nc(NC(=O)C(C)=C2CNC2)sc1C. The van der Waals surface area contributed by atoms with Crippen molar-refractivity contribution in [3.05, 3.63) is 21.7 Å². The van der Waals surface area contributed by atoms with E-state index in [2.05, 4.69) is 22.5 Å². The van der Waals surface area contributed by atoms with Crippen molar-refractivity contribution >= 4 is 22.4 Å². The number of hydrogen-bond donors (Lipinski definition) is 2. The van der Waals surface area contributed by atoms with Crippen molar-refractivity contribution < 1.29 is 4.79 Å². The topological polar surface area (TPSA) is 54.0 Å². The highest BCUT2D eigenvalue weighted by Gasteiger charge is 2.17. The van der Waals surface area contributed by atoms with Gasteiger partial charge in [-0.2, -0.15) is 0 Å². The van der Waals surface area contributed by atoms with Crippen molar-refractivity contribution in [3.8, 4) is 0 Å². The number of rotatable bonds is 3. The highest BCUT2D eigenvalue weighted by molar-refractivity contribution is 7.15. The Bertz CT molecular complexity index is 470. The van der Waals surface area contributed by atoms with Gasteiger partial charge in [-0.15, -0.1) is 11.3 Å². The molecule has 1 fully saturated rings. The molecule has 5 heteroatoms. The van der Waals surface area contributed by atoms with Crippen molar-refractivity contribution in [1.29, 1.82) is 0 Å². The zero-order chi connectivity index (χ0) is 12.4. The number of aryl methyl sites for hydroxylation is 2. The van der Waals surface area contributed by atoms with Gasteiger partial charge in [0.05, 0.1) is 5.69 Å². The van der Waals surface area contributed by atoms with E-state index in [0.717, 1.165) is 30.8 Å². The lowest BCUT2D eigenvalue weighted by atomic mass is 10.0. The number of carbonyl (C=O) groups is 1. The predicted molar refractivity (Wildman–Crippen MR) is 70.4 cm³/mol. The Balaban J connectivity index is 2.07. The van der Waals surface area contributed by atoms with E-state index in [9.17, 15) is 4.79 Å². The smallest absolute Gasteiger partial charge is 0.253 e. The fourth-order valence-corrected chi connectivity index (χ4v) is 2.57. The molecule has 0 aromatic carbocycles. The maximum atomic E-state index is 11.9. The maximum absolute atomic E-state index is 11.9. The lowest BCUT2D eigenvalue weighted by Gasteiger charge is -2.21. The molecule has 2 N–H and O–H groups in total. The van der Waals surface area contributed by atoms with E-state index in [4.69, 9.17) is 0 Å². The first-order chi connectivity index (χ1) is 8.11. The van der Waals surface area contributed by atoms with Crippen LogP contribution in [0, 0.1) is 6.92 Å². The van der Waals surface area contributed by atoms with Crippen LogP contribution in [0.3, 0.4) is 0 Å². The third kappa shape index (κ3) is 2.56. The fraction of sp³-hybridized carbons (Fsp3) is 0.500. The molecule has 2 heterocycles. The van der Waals surface area contributed by atoms with Crippen LogP contribution in [0.1, 0.15) is 24.4 Å². The summed E-state index contributed by atoms with van der Waals surface area (Å²) in [6.45, 7) is 7.63. The summed E-state index contributed by atoms with van der Waals surface area (Å²) in [6.07, 6.45) is 0.905. The Morgan fingerprint density at radius 1 is 1.53 bits per heavy atom. The number of nitrogens with one attached hydrogen (secondary N) is 2. The molecule has 0 unspecified atom stereocenters. The van der Waals surface area contributed by atoms with E-state index in [0.29, 0.717) is 5.13 Å². The second-order valence-corrected chi connectivity index (χ2v) is 5.36. The number of hydrogen-bond acceptors (Lipinski definition) is 4. The summed E-state index contributed by atoms with van der Waals surface area (Å²) in [5.41, 5.74) is 3.07. The molecule has 17 heavy (non-hydrogen) atoms. The molecule has 0 radical (unpaired) electrons. The summed E-state index contributed by atoms with van der Waals surface area (Å²) in [5, 5.41) is 6.71. The highest BCUT2D eigenvalue weighted by Crippen LogP contribution is 2.23. The summed E-state index contributed by atoms with van der Waals surface area (Å²) < 4.78 is 0. The largest absolute Gasteiger partial charge is 0.309 e. The van der Waals surface area contributed by atoms with Crippen molar-refractivity contribution in [2.45, 2.75) is 27.2 Å². The molecule has 1 aliphatic rings. The molecule has 0 spiro atoms. The van der Waals surface area contributed by atoms with Gasteiger partial charge in [-0.05, 0) is 25.8 Å². The van der Waals surface area contributed by atoms with Gasteiger partial charge in [-0.3, -0.25) is 10.1 Å². The van der Waals surface area contributed by atoms with Crippen LogP contribution in [0.25, 0.3) is 0 Å². The second kappa shape index (κ2) is 4.98. The number of nitrogens with zero attached hydrogens (tertiary/aromatic N) is 1. The Morgan fingerprint density at radius 3 is 2.71 bits per heavy atom. The molecule has 1 amide bonds. The lowest BCUT2D eigenvalue weighted by molar-refractivity contribution is -0.112. The molecular weight excluding hydrogens is 234 g/mol. The van der Waals surface area contributed by atoms with Gasteiger partial charge < -0.3 is 5.32 Å². The summed E-state index contributed by atoms with van der Waals surface area (Å²) in [7, 11) is 0. The predicted octanol–water partition coefficient (Wildman–Crippen LogP) is 1.87. The van der Waals surface area contributed by atoms with Crippen LogP contribution < -0.4 is 10.6 Å². The van der Waals surface area contributed by atoms with Crippen molar-refractivity contribution in [3.63, 3.8) is 0 Å². The van der Waals surface area contributed by atoms with Gasteiger partial charge in [0.25, 0.3) is 5.91 Å². The van der Waals surface area contributed by atoms with Gasteiger partial charge >= 0.3 is 0 Å². The zero-order valence-electron chi connectivity index (χ0n) is 10.4. The quantitative estimate of drug-likeness (QED) is 0.806. The van der Waals surface area contributed by atoms with Crippen LogP contribution in [-0.2, 0) is 11.2 Å². The monoisotopic (exact) mass is 251 g/mol. The summed E-state index contributed by atoms with van der Waals surface area (Å²) in [4.78, 5) is 17.5. The molecule has 0 bridgehead atoms. The highest BCUT2D eigenvalue weighted by atomic mass is 32.1. The molecule has 92 valence electrons. The van der Waals surface area contributed by atoms with Crippen molar-refractivity contribution in [2.24, 2.45) is 0 Å². The third-order valence-electron chi connectivity index (χ3n) is 3.00.